The van der Waals surface area contributed by atoms with E-state index in [0.717, 1.165) is 28.5 Å². The second-order valence-electron chi connectivity index (χ2n) is 7.16. The summed E-state index contributed by atoms with van der Waals surface area (Å²) >= 11 is 6.01. The molecule has 6 nitrogen and oxygen atoms in total. The van der Waals surface area contributed by atoms with Gasteiger partial charge in [0.1, 0.15) is 11.6 Å². The minimum atomic E-state index is -3.16. The van der Waals surface area contributed by atoms with Crippen molar-refractivity contribution in [3.05, 3.63) is 51.9 Å². The van der Waals surface area contributed by atoms with Crippen LogP contribution in [0.1, 0.15) is 36.0 Å². The average Bonchev–Trinajstić information content (AvgIpc) is 2.65. The molecular formula is C20H27ClN4O2S. The van der Waals surface area contributed by atoms with Gasteiger partial charge in [-0.3, -0.25) is 0 Å². The van der Waals surface area contributed by atoms with Gasteiger partial charge in [0.15, 0.2) is 0 Å². The first-order valence-corrected chi connectivity index (χ1v) is 11.6. The third-order valence-electron chi connectivity index (χ3n) is 4.99. The molecule has 1 aromatic heterocycles. The van der Waals surface area contributed by atoms with Crippen LogP contribution in [0.2, 0.25) is 5.02 Å². The van der Waals surface area contributed by atoms with Crippen LogP contribution >= 0.6 is 11.6 Å². The molecule has 0 bridgehead atoms. The number of benzene rings is 1. The van der Waals surface area contributed by atoms with E-state index in [1.807, 2.05) is 45.0 Å². The maximum Gasteiger partial charge on any atom is 0.214 e. The lowest BCUT2D eigenvalue weighted by molar-refractivity contribution is 0.383. The monoisotopic (exact) mass is 422 g/mol. The fourth-order valence-corrected chi connectivity index (χ4v) is 5.18. The predicted molar refractivity (Wildman–Crippen MR) is 114 cm³/mol. The van der Waals surface area contributed by atoms with Gasteiger partial charge >= 0.3 is 0 Å². The number of hydrogen-bond donors (Lipinski definition) is 0. The fourth-order valence-electron chi connectivity index (χ4n) is 3.56. The number of aryl methyl sites for hydroxylation is 2. The van der Waals surface area contributed by atoms with E-state index in [1.165, 1.54) is 0 Å². The Kier molecular flexibility index (Phi) is 6.58. The fraction of sp³-hybridized carbons (Fsp3) is 0.500. The zero-order valence-corrected chi connectivity index (χ0v) is 18.2. The highest BCUT2D eigenvalue weighted by molar-refractivity contribution is 7.89. The molecule has 0 spiro atoms. The summed E-state index contributed by atoms with van der Waals surface area (Å²) in [6, 6.07) is 7.80. The summed E-state index contributed by atoms with van der Waals surface area (Å²) in [7, 11) is -3.16. The second-order valence-corrected chi connectivity index (χ2v) is 9.69. The van der Waals surface area contributed by atoms with E-state index in [2.05, 4.69) is 9.88 Å². The highest BCUT2D eigenvalue weighted by Crippen LogP contribution is 2.26. The summed E-state index contributed by atoms with van der Waals surface area (Å²) in [5.74, 6) is 1.85. The molecule has 1 saturated heterocycles. The van der Waals surface area contributed by atoms with Crippen molar-refractivity contribution in [3.63, 3.8) is 0 Å². The van der Waals surface area contributed by atoms with Crippen LogP contribution in [0, 0.1) is 13.8 Å². The molecule has 3 rings (SSSR count). The average molecular weight is 423 g/mol. The molecule has 1 aromatic carbocycles. The summed E-state index contributed by atoms with van der Waals surface area (Å²) in [6.07, 6.45) is 1.35. The molecule has 0 radical (unpaired) electrons. The first-order chi connectivity index (χ1) is 13.3. The van der Waals surface area contributed by atoms with Gasteiger partial charge in [-0.1, -0.05) is 30.7 Å². The van der Waals surface area contributed by atoms with Gasteiger partial charge in [0.05, 0.1) is 5.75 Å². The van der Waals surface area contributed by atoms with E-state index >= 15 is 0 Å². The molecule has 1 fully saturated rings. The maximum atomic E-state index is 12.3. The number of piperazine rings is 1. The number of rotatable bonds is 6. The minimum absolute atomic E-state index is 0.209. The van der Waals surface area contributed by atoms with Crippen molar-refractivity contribution in [2.75, 3.05) is 36.8 Å². The number of sulfonamides is 1. The van der Waals surface area contributed by atoms with E-state index in [0.29, 0.717) is 44.0 Å². The number of aromatic nitrogens is 2. The van der Waals surface area contributed by atoms with Gasteiger partial charge in [0.25, 0.3) is 0 Å². The Morgan fingerprint density at radius 1 is 1.04 bits per heavy atom. The van der Waals surface area contributed by atoms with Gasteiger partial charge in [-0.15, -0.1) is 0 Å². The summed E-state index contributed by atoms with van der Waals surface area (Å²) < 4.78 is 26.3. The Hall–Kier alpha value is -1.70. The Labute approximate surface area is 172 Å². The molecule has 8 heteroatoms. The van der Waals surface area contributed by atoms with E-state index in [4.69, 9.17) is 16.6 Å². The Morgan fingerprint density at radius 2 is 1.68 bits per heavy atom. The van der Waals surface area contributed by atoms with Crippen molar-refractivity contribution in [3.8, 4) is 0 Å². The molecule has 2 aromatic rings. The molecule has 28 heavy (non-hydrogen) atoms. The summed E-state index contributed by atoms with van der Waals surface area (Å²) in [4.78, 5) is 11.5. The Balaban J connectivity index is 1.83. The van der Waals surface area contributed by atoms with Gasteiger partial charge in [0.2, 0.25) is 10.0 Å². The quantitative estimate of drug-likeness (QED) is 0.715. The van der Waals surface area contributed by atoms with Crippen LogP contribution in [0.5, 0.6) is 0 Å². The van der Waals surface area contributed by atoms with Crippen molar-refractivity contribution in [2.45, 2.75) is 33.6 Å². The van der Waals surface area contributed by atoms with Gasteiger partial charge in [-0.05, 0) is 38.0 Å². The van der Waals surface area contributed by atoms with Crippen molar-refractivity contribution in [2.24, 2.45) is 0 Å². The van der Waals surface area contributed by atoms with Crippen LogP contribution in [-0.2, 0) is 16.4 Å². The van der Waals surface area contributed by atoms with Crippen LogP contribution in [0.25, 0.3) is 0 Å². The maximum absolute atomic E-state index is 12.3. The molecule has 2 heterocycles. The van der Waals surface area contributed by atoms with Gasteiger partial charge in [-0.25, -0.2) is 18.4 Å². The third kappa shape index (κ3) is 4.82. The molecule has 0 N–H and O–H groups in total. The molecule has 0 atom stereocenters. The van der Waals surface area contributed by atoms with E-state index in [-0.39, 0.29) is 5.75 Å². The number of anilines is 1. The summed E-state index contributed by atoms with van der Waals surface area (Å²) in [5.41, 5.74) is 3.18. The zero-order chi connectivity index (χ0) is 20.3. The molecular weight excluding hydrogens is 396 g/mol. The summed E-state index contributed by atoms with van der Waals surface area (Å²) in [5, 5.41) is 0.713. The van der Waals surface area contributed by atoms with E-state index < -0.39 is 10.0 Å². The third-order valence-corrected chi connectivity index (χ3v) is 7.32. The second kappa shape index (κ2) is 8.76. The first-order valence-electron chi connectivity index (χ1n) is 9.61. The minimum Gasteiger partial charge on any atom is -0.354 e. The molecule has 152 valence electrons. The predicted octanol–water partition coefficient (Wildman–Crippen LogP) is 3.20. The molecule has 0 unspecified atom stereocenters. The first kappa shape index (κ1) is 21.0. The zero-order valence-electron chi connectivity index (χ0n) is 16.7. The lowest BCUT2D eigenvalue weighted by Gasteiger charge is -2.35. The van der Waals surface area contributed by atoms with Gasteiger partial charge < -0.3 is 4.90 Å². The van der Waals surface area contributed by atoms with Crippen LogP contribution < -0.4 is 4.90 Å². The highest BCUT2D eigenvalue weighted by atomic mass is 35.5. The molecule has 1 aliphatic heterocycles. The molecule has 0 amide bonds. The highest BCUT2D eigenvalue weighted by Gasteiger charge is 2.28. The standard InChI is InChI=1S/C20H27ClN4O2S/c1-4-13-28(26,27)25-11-9-24(10-12-25)20-19(15(2)22-16(3)23-20)14-17-5-7-18(21)8-6-17/h5-8H,4,9-14H2,1-3H3. The Morgan fingerprint density at radius 3 is 2.29 bits per heavy atom. The van der Waals surface area contributed by atoms with E-state index in [9.17, 15) is 8.42 Å². The number of nitrogens with zero attached hydrogens (tertiary/aromatic N) is 4. The van der Waals surface area contributed by atoms with Crippen molar-refractivity contribution >= 4 is 27.4 Å². The molecule has 0 aliphatic carbocycles. The van der Waals surface area contributed by atoms with Crippen LogP contribution in [-0.4, -0.2) is 54.6 Å². The topological polar surface area (TPSA) is 66.4 Å². The van der Waals surface area contributed by atoms with Gasteiger partial charge in [0, 0.05) is 48.9 Å². The normalized spacial score (nSPS) is 15.8. The van der Waals surface area contributed by atoms with Crippen LogP contribution in [0.3, 0.4) is 0 Å². The van der Waals surface area contributed by atoms with Crippen molar-refractivity contribution in [1.29, 1.82) is 0 Å². The lowest BCUT2D eigenvalue weighted by atomic mass is 10.0. The smallest absolute Gasteiger partial charge is 0.214 e. The van der Waals surface area contributed by atoms with Crippen LogP contribution in [0.4, 0.5) is 5.82 Å². The van der Waals surface area contributed by atoms with Gasteiger partial charge in [-0.2, -0.15) is 4.31 Å². The number of hydrogen-bond acceptors (Lipinski definition) is 5. The SMILES string of the molecule is CCCS(=O)(=O)N1CCN(c2nc(C)nc(C)c2Cc2ccc(Cl)cc2)CC1. The molecule has 1 aliphatic rings. The Bertz CT molecular complexity index is 924. The van der Waals surface area contributed by atoms with E-state index in [1.54, 1.807) is 4.31 Å². The largest absolute Gasteiger partial charge is 0.354 e. The van der Waals surface area contributed by atoms with Crippen molar-refractivity contribution in [1.82, 2.24) is 14.3 Å². The summed E-state index contributed by atoms with van der Waals surface area (Å²) in [6.45, 7) is 8.04. The lowest BCUT2D eigenvalue weighted by Crippen LogP contribution is -2.49. The van der Waals surface area contributed by atoms with Crippen molar-refractivity contribution < 1.29 is 8.42 Å². The number of halogens is 1. The van der Waals surface area contributed by atoms with Crippen LogP contribution in [0.15, 0.2) is 24.3 Å². The molecule has 0 saturated carbocycles.